The van der Waals surface area contributed by atoms with Crippen LogP contribution >= 0.6 is 0 Å². The average molecular weight is 309 g/mol. The summed E-state index contributed by atoms with van der Waals surface area (Å²) in [5, 5.41) is 0. The molecule has 0 aliphatic carbocycles. The SMILES string of the molecule is NNC(=O)C=CC(=O)N(Cc1ccccc1)Cc1ccccc1. The van der Waals surface area contributed by atoms with E-state index >= 15 is 0 Å². The van der Waals surface area contributed by atoms with Crippen molar-refractivity contribution in [1.29, 1.82) is 0 Å². The van der Waals surface area contributed by atoms with Crippen molar-refractivity contribution in [1.82, 2.24) is 10.3 Å². The van der Waals surface area contributed by atoms with Gasteiger partial charge in [-0.25, -0.2) is 5.84 Å². The Morgan fingerprint density at radius 1 is 0.870 bits per heavy atom. The van der Waals surface area contributed by atoms with E-state index in [9.17, 15) is 9.59 Å². The molecule has 5 heteroatoms. The monoisotopic (exact) mass is 309 g/mol. The van der Waals surface area contributed by atoms with Crippen LogP contribution in [0.4, 0.5) is 0 Å². The molecule has 5 nitrogen and oxygen atoms in total. The summed E-state index contributed by atoms with van der Waals surface area (Å²) < 4.78 is 0. The van der Waals surface area contributed by atoms with Gasteiger partial charge in [-0.15, -0.1) is 0 Å². The molecule has 0 saturated heterocycles. The number of amides is 2. The largest absolute Gasteiger partial charge is 0.331 e. The van der Waals surface area contributed by atoms with Crippen LogP contribution in [0.5, 0.6) is 0 Å². The zero-order chi connectivity index (χ0) is 16.5. The number of nitrogens with one attached hydrogen (secondary N) is 1. The predicted molar refractivity (Wildman–Crippen MR) is 88.6 cm³/mol. The van der Waals surface area contributed by atoms with Crippen LogP contribution in [0, 0.1) is 0 Å². The van der Waals surface area contributed by atoms with Gasteiger partial charge >= 0.3 is 0 Å². The molecule has 0 unspecified atom stereocenters. The number of rotatable bonds is 6. The van der Waals surface area contributed by atoms with Crippen molar-refractivity contribution in [2.75, 3.05) is 0 Å². The quantitative estimate of drug-likeness (QED) is 0.369. The second-order valence-electron chi connectivity index (χ2n) is 5.01. The van der Waals surface area contributed by atoms with Gasteiger partial charge in [-0.3, -0.25) is 15.0 Å². The Morgan fingerprint density at radius 3 is 1.78 bits per heavy atom. The van der Waals surface area contributed by atoms with Gasteiger partial charge in [0.2, 0.25) is 5.91 Å². The molecule has 0 heterocycles. The van der Waals surface area contributed by atoms with E-state index in [-0.39, 0.29) is 5.91 Å². The molecule has 0 atom stereocenters. The van der Waals surface area contributed by atoms with Crippen molar-refractivity contribution >= 4 is 11.8 Å². The van der Waals surface area contributed by atoms with Crippen LogP contribution < -0.4 is 11.3 Å². The third-order valence-corrected chi connectivity index (χ3v) is 3.26. The lowest BCUT2D eigenvalue weighted by molar-refractivity contribution is -0.127. The molecule has 2 rings (SSSR count). The molecule has 2 aromatic carbocycles. The summed E-state index contributed by atoms with van der Waals surface area (Å²) in [6.07, 6.45) is 2.36. The molecule has 0 aromatic heterocycles. The van der Waals surface area contributed by atoms with E-state index in [4.69, 9.17) is 5.84 Å². The smallest absolute Gasteiger partial charge is 0.258 e. The number of carbonyl (C=O) groups excluding carboxylic acids is 2. The highest BCUT2D eigenvalue weighted by atomic mass is 16.2. The van der Waals surface area contributed by atoms with Crippen LogP contribution in [-0.2, 0) is 22.7 Å². The van der Waals surface area contributed by atoms with Crippen molar-refractivity contribution in [3.05, 3.63) is 83.9 Å². The van der Waals surface area contributed by atoms with E-state index < -0.39 is 5.91 Å². The molecule has 0 aliphatic heterocycles. The fraction of sp³-hybridized carbons (Fsp3) is 0.111. The standard InChI is InChI=1S/C18H19N3O2/c19-20-17(22)11-12-18(23)21(13-15-7-3-1-4-8-15)14-16-9-5-2-6-10-16/h1-12H,13-14,19H2,(H,20,22). The number of hydrazine groups is 1. The van der Waals surface area contributed by atoms with E-state index in [1.807, 2.05) is 66.1 Å². The predicted octanol–water partition coefficient (Wildman–Crippen LogP) is 1.76. The fourth-order valence-corrected chi connectivity index (χ4v) is 2.12. The zero-order valence-electron chi connectivity index (χ0n) is 12.7. The second-order valence-corrected chi connectivity index (χ2v) is 5.01. The molecular formula is C18H19N3O2. The molecule has 0 saturated carbocycles. The first kappa shape index (κ1) is 16.5. The molecule has 23 heavy (non-hydrogen) atoms. The van der Waals surface area contributed by atoms with Crippen molar-refractivity contribution in [2.24, 2.45) is 5.84 Å². The Bertz CT molecular complexity index is 628. The van der Waals surface area contributed by atoms with Gasteiger partial charge in [0.25, 0.3) is 5.91 Å². The van der Waals surface area contributed by atoms with Crippen LogP contribution in [0.2, 0.25) is 0 Å². The Morgan fingerprint density at radius 2 is 1.35 bits per heavy atom. The maximum Gasteiger partial charge on any atom is 0.258 e. The van der Waals surface area contributed by atoms with Gasteiger partial charge in [-0.1, -0.05) is 60.7 Å². The Labute approximate surface area is 135 Å². The number of hydrogen-bond acceptors (Lipinski definition) is 3. The Balaban J connectivity index is 2.15. The van der Waals surface area contributed by atoms with Gasteiger partial charge in [0, 0.05) is 25.2 Å². The highest BCUT2D eigenvalue weighted by molar-refractivity contribution is 5.96. The second kappa shape index (κ2) is 8.51. The number of nitrogens with zero attached hydrogens (tertiary/aromatic N) is 1. The Kier molecular flexibility index (Phi) is 6.08. The molecule has 0 radical (unpaired) electrons. The van der Waals surface area contributed by atoms with Crippen LogP contribution in [0.25, 0.3) is 0 Å². The van der Waals surface area contributed by atoms with Crippen molar-refractivity contribution in [3.8, 4) is 0 Å². The summed E-state index contributed by atoms with van der Waals surface area (Å²) in [6.45, 7) is 0.923. The summed E-state index contributed by atoms with van der Waals surface area (Å²) in [7, 11) is 0. The minimum atomic E-state index is -0.516. The molecule has 0 bridgehead atoms. The normalized spacial score (nSPS) is 10.5. The lowest BCUT2D eigenvalue weighted by Crippen LogP contribution is -2.31. The highest BCUT2D eigenvalue weighted by Gasteiger charge is 2.12. The summed E-state index contributed by atoms with van der Waals surface area (Å²) >= 11 is 0. The van der Waals surface area contributed by atoms with Gasteiger partial charge in [-0.05, 0) is 11.1 Å². The first-order valence-electron chi connectivity index (χ1n) is 7.24. The lowest BCUT2D eigenvalue weighted by atomic mass is 10.1. The van der Waals surface area contributed by atoms with Crippen LogP contribution in [0.1, 0.15) is 11.1 Å². The number of hydrogen-bond donors (Lipinski definition) is 2. The van der Waals surface area contributed by atoms with Crippen molar-refractivity contribution in [2.45, 2.75) is 13.1 Å². The molecule has 0 aliphatic rings. The third-order valence-electron chi connectivity index (χ3n) is 3.26. The zero-order valence-corrected chi connectivity index (χ0v) is 12.7. The molecule has 0 spiro atoms. The lowest BCUT2D eigenvalue weighted by Gasteiger charge is -2.21. The van der Waals surface area contributed by atoms with Crippen molar-refractivity contribution < 1.29 is 9.59 Å². The van der Waals surface area contributed by atoms with E-state index in [2.05, 4.69) is 0 Å². The van der Waals surface area contributed by atoms with E-state index in [0.717, 1.165) is 17.2 Å². The number of nitrogens with two attached hydrogens (primary N) is 1. The average Bonchev–Trinajstić information content (AvgIpc) is 2.60. The first-order valence-corrected chi connectivity index (χ1v) is 7.24. The number of carbonyl (C=O) groups is 2. The van der Waals surface area contributed by atoms with Gasteiger partial charge in [-0.2, -0.15) is 0 Å². The van der Waals surface area contributed by atoms with Crippen LogP contribution in [0.15, 0.2) is 72.8 Å². The Hall–Kier alpha value is -2.92. The first-order chi connectivity index (χ1) is 11.2. The number of benzene rings is 2. The van der Waals surface area contributed by atoms with Crippen LogP contribution in [-0.4, -0.2) is 16.7 Å². The minimum Gasteiger partial charge on any atom is -0.331 e. The molecular weight excluding hydrogens is 290 g/mol. The maximum atomic E-state index is 12.4. The van der Waals surface area contributed by atoms with Gasteiger partial charge < -0.3 is 4.90 Å². The fourth-order valence-electron chi connectivity index (χ4n) is 2.12. The molecule has 2 aromatic rings. The van der Waals surface area contributed by atoms with Crippen molar-refractivity contribution in [3.63, 3.8) is 0 Å². The van der Waals surface area contributed by atoms with E-state index in [1.165, 1.54) is 6.08 Å². The minimum absolute atomic E-state index is 0.249. The molecule has 0 fully saturated rings. The summed E-state index contributed by atoms with van der Waals surface area (Å²) in [5.74, 6) is 4.24. The molecule has 2 amide bonds. The summed E-state index contributed by atoms with van der Waals surface area (Å²) in [5.41, 5.74) is 4.01. The van der Waals surface area contributed by atoms with E-state index in [0.29, 0.717) is 13.1 Å². The van der Waals surface area contributed by atoms with Crippen LogP contribution in [0.3, 0.4) is 0 Å². The summed E-state index contributed by atoms with van der Waals surface area (Å²) in [4.78, 5) is 25.2. The topological polar surface area (TPSA) is 75.4 Å². The molecule has 118 valence electrons. The van der Waals surface area contributed by atoms with E-state index in [1.54, 1.807) is 4.90 Å². The third kappa shape index (κ3) is 5.41. The summed E-state index contributed by atoms with van der Waals surface area (Å²) in [6, 6.07) is 19.4. The highest BCUT2D eigenvalue weighted by Crippen LogP contribution is 2.10. The van der Waals surface area contributed by atoms with Gasteiger partial charge in [0.15, 0.2) is 0 Å². The van der Waals surface area contributed by atoms with Gasteiger partial charge in [0.1, 0.15) is 0 Å². The van der Waals surface area contributed by atoms with Gasteiger partial charge in [0.05, 0.1) is 0 Å². The molecule has 3 N–H and O–H groups in total. The maximum absolute atomic E-state index is 12.4.